The van der Waals surface area contributed by atoms with Crippen LogP contribution in [0.15, 0.2) is 36.4 Å². The number of nitrogens with one attached hydrogen (secondary N) is 1. The van der Waals surface area contributed by atoms with E-state index in [0.29, 0.717) is 18.9 Å². The van der Waals surface area contributed by atoms with Crippen LogP contribution in [0, 0.1) is 0 Å². The number of unbranched alkanes of at least 4 members (excludes halogenated alkanes) is 1. The third kappa shape index (κ3) is 4.97. The molecule has 2 heterocycles. The number of hydrogen-bond donors (Lipinski definition) is 1. The van der Waals surface area contributed by atoms with Crippen LogP contribution in [-0.4, -0.2) is 49.0 Å². The van der Waals surface area contributed by atoms with Gasteiger partial charge in [-0.25, -0.2) is 13.4 Å². The van der Waals surface area contributed by atoms with E-state index in [-0.39, 0.29) is 17.5 Å². The number of anilines is 2. The largest absolute Gasteiger partial charge is 0.370 e. The summed E-state index contributed by atoms with van der Waals surface area (Å²) in [4.78, 5) is 11.5. The van der Waals surface area contributed by atoms with Gasteiger partial charge in [-0.3, -0.25) is 0 Å². The van der Waals surface area contributed by atoms with Crippen LogP contribution in [0.4, 0.5) is 11.8 Å². The summed E-state index contributed by atoms with van der Waals surface area (Å²) in [5.41, 5.74) is 1.87. The standard InChI is InChI=1S/C20H28N4O2S/c1-3-5-12-21-19-14-18(16-9-7-6-8-10-16)22-20(23-19)24(4-2)17-11-13-27(25,26)15-17/h6-10,14,17H,3-5,11-13,15H2,1-2H3,(H,21,22,23). The molecule has 0 spiro atoms. The molecule has 7 heteroatoms. The van der Waals surface area contributed by atoms with Crippen molar-refractivity contribution >= 4 is 21.6 Å². The topological polar surface area (TPSA) is 75.2 Å². The molecule has 1 aromatic heterocycles. The highest BCUT2D eigenvalue weighted by Crippen LogP contribution is 2.26. The van der Waals surface area contributed by atoms with E-state index in [1.807, 2.05) is 48.2 Å². The van der Waals surface area contributed by atoms with Crippen LogP contribution < -0.4 is 10.2 Å². The highest BCUT2D eigenvalue weighted by atomic mass is 32.2. The summed E-state index contributed by atoms with van der Waals surface area (Å²) in [6.45, 7) is 5.70. The summed E-state index contributed by atoms with van der Waals surface area (Å²) in [6, 6.07) is 11.9. The quantitative estimate of drug-likeness (QED) is 0.699. The van der Waals surface area contributed by atoms with Gasteiger partial charge in [0.2, 0.25) is 5.95 Å². The molecule has 2 aromatic rings. The van der Waals surface area contributed by atoms with Crippen molar-refractivity contribution in [2.24, 2.45) is 0 Å². The van der Waals surface area contributed by atoms with Gasteiger partial charge in [-0.05, 0) is 19.8 Å². The molecule has 3 rings (SSSR count). The van der Waals surface area contributed by atoms with Crippen molar-refractivity contribution in [3.05, 3.63) is 36.4 Å². The molecule has 1 saturated heterocycles. The molecule has 6 nitrogen and oxygen atoms in total. The van der Waals surface area contributed by atoms with Gasteiger partial charge in [0.15, 0.2) is 9.84 Å². The Morgan fingerprint density at radius 1 is 1.19 bits per heavy atom. The van der Waals surface area contributed by atoms with E-state index in [2.05, 4.69) is 12.2 Å². The lowest BCUT2D eigenvalue weighted by Gasteiger charge is -2.27. The molecule has 1 aliphatic heterocycles. The molecule has 0 saturated carbocycles. The molecule has 146 valence electrons. The van der Waals surface area contributed by atoms with Gasteiger partial charge in [0.1, 0.15) is 5.82 Å². The highest BCUT2D eigenvalue weighted by Gasteiger charge is 2.33. The lowest BCUT2D eigenvalue weighted by molar-refractivity contribution is 0.599. The van der Waals surface area contributed by atoms with Gasteiger partial charge < -0.3 is 10.2 Å². The molecule has 1 N–H and O–H groups in total. The number of rotatable bonds is 8. The summed E-state index contributed by atoms with van der Waals surface area (Å²) < 4.78 is 23.9. The zero-order valence-corrected chi connectivity index (χ0v) is 16.9. The Hall–Kier alpha value is -2.15. The molecule has 0 bridgehead atoms. The van der Waals surface area contributed by atoms with Gasteiger partial charge in [0.05, 0.1) is 17.2 Å². The molecule has 0 amide bonds. The van der Waals surface area contributed by atoms with Crippen LogP contribution in [-0.2, 0) is 9.84 Å². The third-order valence-corrected chi connectivity index (χ3v) is 6.62. The first-order valence-corrected chi connectivity index (χ1v) is 11.5. The smallest absolute Gasteiger partial charge is 0.228 e. The molecule has 0 radical (unpaired) electrons. The molecule has 1 unspecified atom stereocenters. The molecule has 1 fully saturated rings. The fraction of sp³-hybridized carbons (Fsp3) is 0.500. The number of hydrogen-bond acceptors (Lipinski definition) is 6. The van der Waals surface area contributed by atoms with Gasteiger partial charge in [-0.15, -0.1) is 0 Å². The zero-order chi connectivity index (χ0) is 19.3. The third-order valence-electron chi connectivity index (χ3n) is 4.87. The Kier molecular flexibility index (Phi) is 6.31. The maximum Gasteiger partial charge on any atom is 0.228 e. The van der Waals surface area contributed by atoms with Crippen LogP contribution in [0.3, 0.4) is 0 Å². The number of benzene rings is 1. The van der Waals surface area contributed by atoms with E-state index in [1.54, 1.807) is 0 Å². The van der Waals surface area contributed by atoms with Crippen molar-refractivity contribution in [1.82, 2.24) is 9.97 Å². The summed E-state index contributed by atoms with van der Waals surface area (Å²) in [5.74, 6) is 1.80. The Morgan fingerprint density at radius 2 is 1.96 bits per heavy atom. The fourth-order valence-electron chi connectivity index (χ4n) is 3.39. The van der Waals surface area contributed by atoms with Gasteiger partial charge in [0, 0.05) is 30.8 Å². The second-order valence-corrected chi connectivity index (χ2v) is 9.16. The lowest BCUT2D eigenvalue weighted by Crippen LogP contribution is -2.37. The Morgan fingerprint density at radius 3 is 2.59 bits per heavy atom. The van der Waals surface area contributed by atoms with Crippen LogP contribution >= 0.6 is 0 Å². The van der Waals surface area contributed by atoms with Gasteiger partial charge >= 0.3 is 0 Å². The summed E-state index contributed by atoms with van der Waals surface area (Å²) >= 11 is 0. The van der Waals surface area contributed by atoms with Crippen LogP contribution in [0.5, 0.6) is 0 Å². The first kappa shape index (κ1) is 19.6. The Bertz CT molecular complexity index is 856. The normalized spacial score (nSPS) is 18.4. The van der Waals surface area contributed by atoms with E-state index in [0.717, 1.165) is 36.5 Å². The molecule has 1 atom stereocenters. The highest BCUT2D eigenvalue weighted by molar-refractivity contribution is 7.91. The van der Waals surface area contributed by atoms with E-state index in [4.69, 9.17) is 9.97 Å². The predicted octanol–water partition coefficient (Wildman–Crippen LogP) is 3.37. The van der Waals surface area contributed by atoms with Gasteiger partial charge in [0.25, 0.3) is 0 Å². The second-order valence-electron chi connectivity index (χ2n) is 6.93. The maximum absolute atomic E-state index is 11.9. The summed E-state index contributed by atoms with van der Waals surface area (Å²) in [6.07, 6.45) is 2.81. The molecule has 1 aromatic carbocycles. The van der Waals surface area contributed by atoms with Crippen molar-refractivity contribution in [2.75, 3.05) is 34.8 Å². The SMILES string of the molecule is CCCCNc1cc(-c2ccccc2)nc(N(CC)C2CCS(=O)(=O)C2)n1. The minimum absolute atomic E-state index is 0.0606. The average Bonchev–Trinajstić information content (AvgIpc) is 3.03. The van der Waals surface area contributed by atoms with Gasteiger partial charge in [-0.1, -0.05) is 43.7 Å². The van der Waals surface area contributed by atoms with Crippen molar-refractivity contribution in [3.8, 4) is 11.3 Å². The Labute approximate surface area is 162 Å². The Balaban J connectivity index is 1.95. The van der Waals surface area contributed by atoms with Crippen LogP contribution in [0.25, 0.3) is 11.3 Å². The number of aromatic nitrogens is 2. The minimum Gasteiger partial charge on any atom is -0.370 e. The van der Waals surface area contributed by atoms with Crippen molar-refractivity contribution < 1.29 is 8.42 Å². The van der Waals surface area contributed by atoms with Crippen LogP contribution in [0.1, 0.15) is 33.1 Å². The zero-order valence-electron chi connectivity index (χ0n) is 16.1. The monoisotopic (exact) mass is 388 g/mol. The predicted molar refractivity (Wildman–Crippen MR) is 111 cm³/mol. The molecule has 27 heavy (non-hydrogen) atoms. The average molecular weight is 389 g/mol. The summed E-state index contributed by atoms with van der Waals surface area (Å²) in [7, 11) is -2.96. The second kappa shape index (κ2) is 8.69. The van der Waals surface area contributed by atoms with Crippen molar-refractivity contribution in [2.45, 2.75) is 39.2 Å². The lowest BCUT2D eigenvalue weighted by atomic mass is 10.1. The molecule has 0 aliphatic carbocycles. The maximum atomic E-state index is 11.9. The van der Waals surface area contributed by atoms with E-state index < -0.39 is 9.84 Å². The van der Waals surface area contributed by atoms with Gasteiger partial charge in [-0.2, -0.15) is 4.98 Å². The van der Waals surface area contributed by atoms with Crippen molar-refractivity contribution in [1.29, 1.82) is 0 Å². The number of nitrogens with zero attached hydrogens (tertiary/aromatic N) is 3. The van der Waals surface area contributed by atoms with Crippen LogP contribution in [0.2, 0.25) is 0 Å². The molecular formula is C20H28N4O2S. The molecular weight excluding hydrogens is 360 g/mol. The number of sulfone groups is 1. The van der Waals surface area contributed by atoms with E-state index >= 15 is 0 Å². The van der Waals surface area contributed by atoms with E-state index in [9.17, 15) is 8.42 Å². The first-order chi connectivity index (χ1) is 13.0. The molecule has 1 aliphatic rings. The van der Waals surface area contributed by atoms with E-state index in [1.165, 1.54) is 0 Å². The summed E-state index contributed by atoms with van der Waals surface area (Å²) in [5, 5.41) is 3.39. The minimum atomic E-state index is -2.96. The fourth-order valence-corrected chi connectivity index (χ4v) is 5.12. The van der Waals surface area contributed by atoms with Crippen molar-refractivity contribution in [3.63, 3.8) is 0 Å². The first-order valence-electron chi connectivity index (χ1n) is 9.68.